The summed E-state index contributed by atoms with van der Waals surface area (Å²) >= 11 is 0. The third kappa shape index (κ3) is 4.26. The topological polar surface area (TPSA) is 35.9 Å². The second-order valence-corrected chi connectivity index (χ2v) is 8.24. The van der Waals surface area contributed by atoms with Gasteiger partial charge in [0.2, 0.25) is 0 Å². The molecule has 0 saturated heterocycles. The molecular formula is C32H26N2. The molecule has 2 nitrogen and oxygen atoms in total. The number of anilines is 1. The van der Waals surface area contributed by atoms with Crippen LogP contribution < -0.4 is 5.32 Å². The number of nitrogens with one attached hydrogen (secondary N) is 2. The van der Waals surface area contributed by atoms with Gasteiger partial charge in [0.25, 0.3) is 0 Å². The number of rotatable bonds is 6. The van der Waals surface area contributed by atoms with E-state index in [1.54, 1.807) is 0 Å². The molecule has 0 aromatic heterocycles. The molecule has 0 heterocycles. The van der Waals surface area contributed by atoms with Gasteiger partial charge in [0.15, 0.2) is 0 Å². The van der Waals surface area contributed by atoms with E-state index in [4.69, 9.17) is 5.41 Å². The Morgan fingerprint density at radius 2 is 0.971 bits per heavy atom. The first kappa shape index (κ1) is 21.4. The molecule has 5 aromatic carbocycles. The lowest BCUT2D eigenvalue weighted by molar-refractivity contribution is 1.42. The Hall–Kier alpha value is -4.43. The van der Waals surface area contributed by atoms with Crippen LogP contribution in [0.15, 0.2) is 127 Å². The van der Waals surface area contributed by atoms with E-state index in [0.717, 1.165) is 44.6 Å². The Labute approximate surface area is 201 Å². The van der Waals surface area contributed by atoms with Crippen LogP contribution in [0.1, 0.15) is 11.1 Å². The van der Waals surface area contributed by atoms with Gasteiger partial charge in [-0.1, -0.05) is 115 Å². The van der Waals surface area contributed by atoms with Crippen molar-refractivity contribution < 1.29 is 0 Å². The Balaban J connectivity index is 1.60. The smallest absolute Gasteiger partial charge is 0.0705 e. The third-order valence-corrected chi connectivity index (χ3v) is 6.15. The van der Waals surface area contributed by atoms with Crippen molar-refractivity contribution in [2.75, 3.05) is 12.4 Å². The van der Waals surface area contributed by atoms with Crippen molar-refractivity contribution in [2.45, 2.75) is 0 Å². The zero-order valence-corrected chi connectivity index (χ0v) is 19.1. The minimum absolute atomic E-state index is 0.501. The summed E-state index contributed by atoms with van der Waals surface area (Å²) in [6.45, 7) is 0. The number of benzene rings is 5. The second kappa shape index (κ2) is 9.60. The first-order valence-corrected chi connectivity index (χ1v) is 11.5. The van der Waals surface area contributed by atoms with Crippen LogP contribution >= 0.6 is 0 Å². The van der Waals surface area contributed by atoms with E-state index in [2.05, 4.69) is 90.2 Å². The van der Waals surface area contributed by atoms with Gasteiger partial charge in [-0.15, -0.1) is 0 Å². The van der Waals surface area contributed by atoms with E-state index < -0.39 is 0 Å². The number of hydrogen-bond acceptors (Lipinski definition) is 2. The highest BCUT2D eigenvalue weighted by atomic mass is 14.8. The van der Waals surface area contributed by atoms with Gasteiger partial charge >= 0.3 is 0 Å². The average molecular weight is 439 g/mol. The van der Waals surface area contributed by atoms with E-state index >= 15 is 0 Å². The minimum atomic E-state index is 0.501. The monoisotopic (exact) mass is 438 g/mol. The molecule has 34 heavy (non-hydrogen) atoms. The lowest BCUT2D eigenvalue weighted by atomic mass is 9.89. The van der Waals surface area contributed by atoms with Crippen molar-refractivity contribution in [1.82, 2.24) is 0 Å². The molecule has 2 heteroatoms. The molecule has 0 amide bonds. The summed E-state index contributed by atoms with van der Waals surface area (Å²) < 4.78 is 0. The minimum Gasteiger partial charge on any atom is -0.388 e. The van der Waals surface area contributed by atoms with Gasteiger partial charge in [0.1, 0.15) is 0 Å². The lowest BCUT2D eigenvalue weighted by Crippen LogP contribution is -2.07. The summed E-state index contributed by atoms with van der Waals surface area (Å²) in [6.07, 6.45) is 0. The van der Waals surface area contributed by atoms with E-state index in [1.165, 1.54) is 5.56 Å². The lowest BCUT2D eigenvalue weighted by Gasteiger charge is -2.18. The maximum atomic E-state index is 9.08. The zero-order valence-electron chi connectivity index (χ0n) is 19.1. The van der Waals surface area contributed by atoms with Gasteiger partial charge < -0.3 is 5.32 Å². The Bertz CT molecular complexity index is 1410. The largest absolute Gasteiger partial charge is 0.388 e. The van der Waals surface area contributed by atoms with Crippen LogP contribution in [0, 0.1) is 5.41 Å². The summed E-state index contributed by atoms with van der Waals surface area (Å²) in [7, 11) is 1.92. The first-order valence-electron chi connectivity index (χ1n) is 11.5. The van der Waals surface area contributed by atoms with Crippen molar-refractivity contribution in [3.05, 3.63) is 139 Å². The van der Waals surface area contributed by atoms with Gasteiger partial charge in [-0.25, -0.2) is 0 Å². The molecule has 0 atom stereocenters. The van der Waals surface area contributed by atoms with Crippen molar-refractivity contribution >= 4 is 11.4 Å². The first-order chi connectivity index (χ1) is 16.7. The van der Waals surface area contributed by atoms with Crippen LogP contribution in [0.25, 0.3) is 33.4 Å². The fourth-order valence-corrected chi connectivity index (χ4v) is 4.34. The highest BCUT2D eigenvalue weighted by molar-refractivity contribution is 6.15. The molecule has 0 saturated carbocycles. The molecule has 0 aliphatic heterocycles. The number of hydrogen-bond donors (Lipinski definition) is 2. The SMILES string of the molecule is CNc1cc(-c2ccccc2)c(-c2ccccc2)cc1C(=N)c1ccc(-c2ccccc2)cc1. The van der Waals surface area contributed by atoms with Crippen molar-refractivity contribution in [3.63, 3.8) is 0 Å². The molecule has 164 valence electrons. The molecule has 0 spiro atoms. The third-order valence-electron chi connectivity index (χ3n) is 6.15. The predicted molar refractivity (Wildman–Crippen MR) is 145 cm³/mol. The summed E-state index contributed by atoms with van der Waals surface area (Å²) in [5.41, 5.74) is 10.1. The fraction of sp³-hybridized carbons (Fsp3) is 0.0312. The van der Waals surface area contributed by atoms with Gasteiger partial charge in [-0.2, -0.15) is 0 Å². The van der Waals surface area contributed by atoms with E-state index in [1.807, 2.05) is 49.5 Å². The van der Waals surface area contributed by atoms with Crippen LogP contribution in [0.4, 0.5) is 5.69 Å². The van der Waals surface area contributed by atoms with Crippen LogP contribution in [-0.4, -0.2) is 12.8 Å². The molecule has 0 unspecified atom stereocenters. The molecule has 5 aromatic rings. The van der Waals surface area contributed by atoms with Gasteiger partial charge in [0.05, 0.1) is 5.71 Å². The summed E-state index contributed by atoms with van der Waals surface area (Å²) in [5.74, 6) is 0. The molecule has 2 N–H and O–H groups in total. The average Bonchev–Trinajstić information content (AvgIpc) is 2.93. The van der Waals surface area contributed by atoms with Gasteiger partial charge in [-0.3, -0.25) is 5.41 Å². The molecule has 0 fully saturated rings. The second-order valence-electron chi connectivity index (χ2n) is 8.24. The van der Waals surface area contributed by atoms with Crippen molar-refractivity contribution in [2.24, 2.45) is 0 Å². The summed E-state index contributed by atoms with van der Waals surface area (Å²) in [6, 6.07) is 43.7. The Morgan fingerprint density at radius 1 is 0.529 bits per heavy atom. The highest BCUT2D eigenvalue weighted by Crippen LogP contribution is 2.37. The van der Waals surface area contributed by atoms with E-state index in [-0.39, 0.29) is 0 Å². The van der Waals surface area contributed by atoms with E-state index in [9.17, 15) is 0 Å². The molecule has 0 radical (unpaired) electrons. The fourth-order valence-electron chi connectivity index (χ4n) is 4.34. The quantitative estimate of drug-likeness (QED) is 0.258. The molecule has 0 aliphatic rings. The van der Waals surface area contributed by atoms with Crippen LogP contribution in [-0.2, 0) is 0 Å². The summed E-state index contributed by atoms with van der Waals surface area (Å²) in [5, 5.41) is 12.4. The molecular weight excluding hydrogens is 412 g/mol. The standard InChI is InChI=1S/C32H26N2/c1-34-31-22-29(26-15-9-4-10-16-26)28(25-13-7-3-8-14-25)21-30(31)32(33)27-19-17-24(18-20-27)23-11-5-2-6-12-23/h2-22,33-34H,1H3. The maximum Gasteiger partial charge on any atom is 0.0705 e. The maximum absolute atomic E-state index is 9.08. The van der Waals surface area contributed by atoms with Crippen LogP contribution in [0.5, 0.6) is 0 Å². The van der Waals surface area contributed by atoms with Gasteiger partial charge in [0, 0.05) is 23.9 Å². The van der Waals surface area contributed by atoms with Crippen molar-refractivity contribution in [1.29, 1.82) is 5.41 Å². The van der Waals surface area contributed by atoms with E-state index in [0.29, 0.717) is 5.71 Å². The predicted octanol–water partition coefficient (Wildman–Crippen LogP) is 8.15. The molecule has 0 aliphatic carbocycles. The Kier molecular flexibility index (Phi) is 6.05. The zero-order chi connectivity index (χ0) is 23.3. The Morgan fingerprint density at radius 3 is 1.47 bits per heavy atom. The molecule has 0 bridgehead atoms. The van der Waals surface area contributed by atoms with Crippen LogP contribution in [0.2, 0.25) is 0 Å². The van der Waals surface area contributed by atoms with Crippen LogP contribution in [0.3, 0.4) is 0 Å². The molecule has 5 rings (SSSR count). The van der Waals surface area contributed by atoms with Crippen molar-refractivity contribution in [3.8, 4) is 33.4 Å². The highest BCUT2D eigenvalue weighted by Gasteiger charge is 2.16. The van der Waals surface area contributed by atoms with Gasteiger partial charge in [-0.05, 0) is 45.5 Å². The normalized spacial score (nSPS) is 10.6. The summed E-state index contributed by atoms with van der Waals surface area (Å²) in [4.78, 5) is 0.